The molecule has 148 valence electrons. The number of halogens is 1. The van der Waals surface area contributed by atoms with Crippen molar-refractivity contribution in [3.8, 4) is 5.75 Å². The van der Waals surface area contributed by atoms with E-state index in [1.54, 1.807) is 48.1 Å². The summed E-state index contributed by atoms with van der Waals surface area (Å²) in [4.78, 5) is 12.4. The van der Waals surface area contributed by atoms with Crippen LogP contribution in [0.2, 0.25) is 5.02 Å². The number of ether oxygens (including phenoxy) is 1. The molecule has 0 aliphatic heterocycles. The van der Waals surface area contributed by atoms with Gasteiger partial charge in [-0.2, -0.15) is 5.10 Å². The maximum absolute atomic E-state index is 12.4. The third-order valence-electron chi connectivity index (χ3n) is 3.68. The van der Waals surface area contributed by atoms with Crippen LogP contribution in [0.1, 0.15) is 32.7 Å². The monoisotopic (exact) mass is 421 g/mol. The quantitative estimate of drug-likeness (QED) is 0.544. The average Bonchev–Trinajstić information content (AvgIpc) is 3.30. The van der Waals surface area contributed by atoms with Gasteiger partial charge in [0.15, 0.2) is 6.61 Å². The molecular formula is C18H20ClN5O3S. The number of hydrogen-bond donors (Lipinski definition) is 1. The fourth-order valence-corrected chi connectivity index (χ4v) is 3.10. The van der Waals surface area contributed by atoms with E-state index in [-0.39, 0.29) is 18.6 Å². The van der Waals surface area contributed by atoms with Crippen molar-refractivity contribution in [2.24, 2.45) is 0 Å². The summed E-state index contributed by atoms with van der Waals surface area (Å²) in [6, 6.07) is 8.88. The van der Waals surface area contributed by atoms with Crippen LogP contribution < -0.4 is 10.1 Å². The molecule has 1 unspecified atom stereocenters. The number of anilines is 1. The first kappa shape index (κ1) is 20.2. The molecule has 2 heterocycles. The van der Waals surface area contributed by atoms with Gasteiger partial charge in [-0.15, -0.1) is 10.2 Å². The Morgan fingerprint density at radius 1 is 1.25 bits per heavy atom. The Bertz CT molecular complexity index is 925. The molecule has 2 aromatic heterocycles. The van der Waals surface area contributed by atoms with Gasteiger partial charge in [-0.05, 0) is 45.0 Å². The molecule has 0 aliphatic carbocycles. The molecule has 0 radical (unpaired) electrons. The number of thioether (sulfide) groups is 1. The van der Waals surface area contributed by atoms with E-state index in [2.05, 4.69) is 20.6 Å². The van der Waals surface area contributed by atoms with Crippen LogP contribution in [0.15, 0.2) is 46.2 Å². The summed E-state index contributed by atoms with van der Waals surface area (Å²) in [5, 5.41) is 15.5. The smallest absolute Gasteiger partial charge is 0.277 e. The highest BCUT2D eigenvalue weighted by Gasteiger charge is 2.20. The number of aromatic nitrogens is 4. The van der Waals surface area contributed by atoms with Crippen molar-refractivity contribution >= 4 is 35.1 Å². The molecule has 3 rings (SSSR count). The molecular weight excluding hydrogens is 402 g/mol. The van der Waals surface area contributed by atoms with E-state index in [1.807, 2.05) is 13.8 Å². The lowest BCUT2D eigenvalue weighted by Crippen LogP contribution is -2.24. The number of carbonyl (C=O) groups is 1. The summed E-state index contributed by atoms with van der Waals surface area (Å²) in [5.41, 5.74) is 0. The molecule has 28 heavy (non-hydrogen) atoms. The fraction of sp³-hybridized carbons (Fsp3) is 0.333. The minimum absolute atomic E-state index is 0.128. The minimum Gasteiger partial charge on any atom is -0.484 e. The molecule has 0 bridgehead atoms. The van der Waals surface area contributed by atoms with Crippen LogP contribution in [0.5, 0.6) is 5.75 Å². The Balaban J connectivity index is 1.52. The van der Waals surface area contributed by atoms with Crippen molar-refractivity contribution in [3.05, 3.63) is 47.4 Å². The van der Waals surface area contributed by atoms with Crippen molar-refractivity contribution in [2.45, 2.75) is 43.9 Å². The topological polar surface area (TPSA) is 95.1 Å². The lowest BCUT2D eigenvalue weighted by Gasteiger charge is -2.13. The van der Waals surface area contributed by atoms with Crippen LogP contribution in [-0.2, 0) is 11.4 Å². The highest BCUT2D eigenvalue weighted by molar-refractivity contribution is 8.00. The highest BCUT2D eigenvalue weighted by atomic mass is 35.5. The Labute approximate surface area is 171 Å². The van der Waals surface area contributed by atoms with Crippen LogP contribution in [0.4, 0.5) is 5.82 Å². The highest BCUT2D eigenvalue weighted by Crippen LogP contribution is 2.24. The molecule has 1 aromatic carbocycles. The van der Waals surface area contributed by atoms with Crippen LogP contribution in [0, 0.1) is 0 Å². The van der Waals surface area contributed by atoms with Gasteiger partial charge >= 0.3 is 0 Å². The number of hydrogen-bond acceptors (Lipinski definition) is 7. The first-order valence-corrected chi connectivity index (χ1v) is 9.90. The fourth-order valence-electron chi connectivity index (χ4n) is 2.28. The van der Waals surface area contributed by atoms with Crippen molar-refractivity contribution in [3.63, 3.8) is 0 Å². The molecule has 10 heteroatoms. The summed E-state index contributed by atoms with van der Waals surface area (Å²) in [6.45, 7) is 5.88. The molecule has 3 aromatic rings. The third kappa shape index (κ3) is 5.26. The summed E-state index contributed by atoms with van der Waals surface area (Å²) < 4.78 is 12.8. The van der Waals surface area contributed by atoms with Gasteiger partial charge < -0.3 is 14.5 Å². The standard InChI is InChI=1S/C18H20ClN5O3S/c1-11(2)24-15(8-9-20-24)21-17(25)12(3)28-18-23-22-16(27-18)10-26-14-6-4-13(19)5-7-14/h4-9,11-12H,10H2,1-3H3,(H,21,25). The summed E-state index contributed by atoms with van der Waals surface area (Å²) in [6.07, 6.45) is 1.65. The van der Waals surface area contributed by atoms with Gasteiger partial charge in [-0.25, -0.2) is 4.68 Å². The van der Waals surface area contributed by atoms with Gasteiger partial charge in [0.05, 0.1) is 11.4 Å². The molecule has 1 atom stereocenters. The zero-order valence-corrected chi connectivity index (χ0v) is 17.2. The first-order valence-electron chi connectivity index (χ1n) is 8.64. The predicted octanol–water partition coefficient (Wildman–Crippen LogP) is 4.20. The van der Waals surface area contributed by atoms with Gasteiger partial charge in [0, 0.05) is 17.1 Å². The summed E-state index contributed by atoms with van der Waals surface area (Å²) in [7, 11) is 0. The van der Waals surface area contributed by atoms with Gasteiger partial charge in [0.1, 0.15) is 11.6 Å². The molecule has 0 spiro atoms. The van der Waals surface area contributed by atoms with Crippen molar-refractivity contribution in [1.82, 2.24) is 20.0 Å². The number of benzene rings is 1. The second kappa shape index (κ2) is 9.11. The van der Waals surface area contributed by atoms with E-state index in [4.69, 9.17) is 20.8 Å². The molecule has 0 aliphatic rings. The van der Waals surface area contributed by atoms with Gasteiger partial charge in [0.2, 0.25) is 5.91 Å². The average molecular weight is 422 g/mol. The predicted molar refractivity (Wildman–Crippen MR) is 107 cm³/mol. The Kier molecular flexibility index (Phi) is 6.58. The molecule has 1 N–H and O–H groups in total. The number of amides is 1. The second-order valence-corrected chi connectivity index (χ2v) is 7.94. The van der Waals surface area contributed by atoms with Crippen LogP contribution in [0.25, 0.3) is 0 Å². The molecule has 8 nitrogen and oxygen atoms in total. The maximum Gasteiger partial charge on any atom is 0.277 e. The summed E-state index contributed by atoms with van der Waals surface area (Å²) in [5.74, 6) is 1.44. The van der Waals surface area contributed by atoms with E-state index in [0.29, 0.717) is 27.7 Å². The Morgan fingerprint density at radius 2 is 2.00 bits per heavy atom. The Morgan fingerprint density at radius 3 is 2.71 bits per heavy atom. The third-order valence-corrected chi connectivity index (χ3v) is 4.87. The van der Waals surface area contributed by atoms with E-state index in [9.17, 15) is 4.79 Å². The van der Waals surface area contributed by atoms with Crippen LogP contribution in [-0.4, -0.2) is 31.1 Å². The van der Waals surface area contributed by atoms with Crippen molar-refractivity contribution < 1.29 is 13.9 Å². The number of nitrogens with zero attached hydrogens (tertiary/aromatic N) is 4. The minimum atomic E-state index is -0.430. The molecule has 0 fully saturated rings. The molecule has 1 amide bonds. The van der Waals surface area contributed by atoms with E-state index in [0.717, 1.165) is 0 Å². The van der Waals surface area contributed by atoms with E-state index >= 15 is 0 Å². The molecule has 0 saturated heterocycles. The lowest BCUT2D eigenvalue weighted by molar-refractivity contribution is -0.115. The largest absolute Gasteiger partial charge is 0.484 e. The van der Waals surface area contributed by atoms with E-state index < -0.39 is 5.25 Å². The zero-order valence-electron chi connectivity index (χ0n) is 15.6. The normalized spacial score (nSPS) is 12.2. The number of rotatable bonds is 8. The van der Waals surface area contributed by atoms with Crippen LogP contribution in [0.3, 0.4) is 0 Å². The van der Waals surface area contributed by atoms with Crippen molar-refractivity contribution in [1.29, 1.82) is 0 Å². The van der Waals surface area contributed by atoms with Crippen LogP contribution >= 0.6 is 23.4 Å². The molecule has 0 saturated carbocycles. The van der Waals surface area contributed by atoms with Gasteiger partial charge in [-0.3, -0.25) is 4.79 Å². The first-order chi connectivity index (χ1) is 13.4. The SMILES string of the molecule is CC(Sc1nnc(COc2ccc(Cl)cc2)o1)C(=O)Nc1ccnn1C(C)C. The number of nitrogens with one attached hydrogen (secondary N) is 1. The van der Waals surface area contributed by atoms with Gasteiger partial charge in [0.25, 0.3) is 11.1 Å². The zero-order chi connectivity index (χ0) is 20.1. The lowest BCUT2D eigenvalue weighted by atomic mass is 10.3. The van der Waals surface area contributed by atoms with Gasteiger partial charge in [-0.1, -0.05) is 23.4 Å². The Hall–Kier alpha value is -2.52. The van der Waals surface area contributed by atoms with E-state index in [1.165, 1.54) is 11.8 Å². The van der Waals surface area contributed by atoms with Crippen molar-refractivity contribution in [2.75, 3.05) is 5.32 Å². The second-order valence-electron chi connectivity index (χ2n) is 6.21. The number of carbonyl (C=O) groups excluding carboxylic acids is 1. The summed E-state index contributed by atoms with van der Waals surface area (Å²) >= 11 is 7.02. The maximum atomic E-state index is 12.4.